The number of Topliss-reactive ketones (excluding diaryl/α,β-unsaturated/α-hetero) is 1. The molecule has 0 heterocycles. The van der Waals surface area contributed by atoms with Gasteiger partial charge in [-0.1, -0.05) is 6.92 Å². The summed E-state index contributed by atoms with van der Waals surface area (Å²) in [7, 11) is -2.80. The largest absolute Gasteiger partial charge is 0.300 e. The van der Waals surface area contributed by atoms with E-state index in [0.29, 0.717) is 30.3 Å². The summed E-state index contributed by atoms with van der Waals surface area (Å²) in [6.45, 7) is 1.69. The van der Waals surface area contributed by atoms with Crippen molar-refractivity contribution in [2.75, 3.05) is 11.5 Å². The smallest absolute Gasteiger partial charge is 0.150 e. The number of carbonyl (C=O) groups excluding carboxylic acids is 1. The number of hydrogen-bond donors (Lipinski definition) is 0. The van der Waals surface area contributed by atoms with Crippen LogP contribution >= 0.6 is 0 Å². The Morgan fingerprint density at radius 2 is 1.87 bits per heavy atom. The van der Waals surface area contributed by atoms with E-state index in [-0.39, 0.29) is 5.75 Å². The maximum absolute atomic E-state index is 11.2. The molecule has 1 saturated carbocycles. The van der Waals surface area contributed by atoms with E-state index in [2.05, 4.69) is 0 Å². The third-order valence-electron chi connectivity index (χ3n) is 3.17. The molecule has 0 N–H and O–H groups in total. The second-order valence-corrected chi connectivity index (χ2v) is 6.83. The molecule has 15 heavy (non-hydrogen) atoms. The third kappa shape index (κ3) is 4.78. The van der Waals surface area contributed by atoms with Gasteiger partial charge in [0, 0.05) is 18.6 Å². The van der Waals surface area contributed by atoms with Gasteiger partial charge in [0.1, 0.15) is 15.6 Å². The molecule has 0 unspecified atom stereocenters. The van der Waals surface area contributed by atoms with Gasteiger partial charge in [0.15, 0.2) is 0 Å². The molecule has 0 aromatic carbocycles. The molecule has 0 aliphatic heterocycles. The fourth-order valence-electron chi connectivity index (χ4n) is 2.02. The van der Waals surface area contributed by atoms with Crippen LogP contribution in [-0.2, 0) is 14.6 Å². The fraction of sp³-hybridized carbons (Fsp3) is 0.909. The molecular weight excluding hydrogens is 212 g/mol. The van der Waals surface area contributed by atoms with Crippen LogP contribution in [0, 0.1) is 5.92 Å². The summed E-state index contributed by atoms with van der Waals surface area (Å²) in [5.74, 6) is 1.51. The lowest BCUT2D eigenvalue weighted by molar-refractivity contribution is -0.121. The van der Waals surface area contributed by atoms with Crippen molar-refractivity contribution < 1.29 is 13.2 Å². The molecule has 0 bridgehead atoms. The molecule has 0 spiro atoms. The predicted molar refractivity (Wildman–Crippen MR) is 60.5 cm³/mol. The van der Waals surface area contributed by atoms with E-state index in [4.69, 9.17) is 0 Å². The highest BCUT2D eigenvalue weighted by atomic mass is 32.2. The Labute approximate surface area is 92.2 Å². The van der Waals surface area contributed by atoms with Crippen LogP contribution < -0.4 is 0 Å². The van der Waals surface area contributed by atoms with Crippen molar-refractivity contribution >= 4 is 15.6 Å². The molecule has 1 rings (SSSR count). The number of rotatable bonds is 5. The van der Waals surface area contributed by atoms with Gasteiger partial charge < -0.3 is 0 Å². The van der Waals surface area contributed by atoms with Crippen molar-refractivity contribution in [3.05, 3.63) is 0 Å². The van der Waals surface area contributed by atoms with Crippen molar-refractivity contribution in [3.63, 3.8) is 0 Å². The first-order valence-electron chi connectivity index (χ1n) is 5.75. The van der Waals surface area contributed by atoms with Crippen LogP contribution in [0.15, 0.2) is 0 Å². The molecular formula is C11H20O3S. The molecule has 1 aliphatic rings. The number of ketones is 1. The second-order valence-electron chi connectivity index (χ2n) is 4.36. The summed E-state index contributed by atoms with van der Waals surface area (Å²) in [6.07, 6.45) is 5.05. The third-order valence-corrected chi connectivity index (χ3v) is 4.96. The molecule has 0 atom stereocenters. The lowest BCUT2D eigenvalue weighted by atomic mass is 9.86. The van der Waals surface area contributed by atoms with Crippen molar-refractivity contribution in [2.24, 2.45) is 5.92 Å². The average Bonchev–Trinajstić information content (AvgIpc) is 2.21. The minimum absolute atomic E-state index is 0.246. The summed E-state index contributed by atoms with van der Waals surface area (Å²) in [5.41, 5.74) is 0. The summed E-state index contributed by atoms with van der Waals surface area (Å²) < 4.78 is 22.5. The Morgan fingerprint density at radius 3 is 2.40 bits per heavy atom. The Morgan fingerprint density at radius 1 is 1.27 bits per heavy atom. The van der Waals surface area contributed by atoms with Crippen LogP contribution in [0.2, 0.25) is 0 Å². The molecule has 1 aliphatic carbocycles. The Hall–Kier alpha value is -0.380. The minimum Gasteiger partial charge on any atom is -0.300 e. The van der Waals surface area contributed by atoms with Crippen LogP contribution in [0.5, 0.6) is 0 Å². The Bertz CT molecular complexity index is 296. The van der Waals surface area contributed by atoms with E-state index < -0.39 is 9.84 Å². The van der Waals surface area contributed by atoms with E-state index in [0.717, 1.165) is 25.7 Å². The fourth-order valence-corrected chi connectivity index (χ4v) is 2.92. The second kappa shape index (κ2) is 5.64. The number of sulfone groups is 1. The van der Waals surface area contributed by atoms with Gasteiger partial charge in [-0.3, -0.25) is 4.79 Å². The maximum atomic E-state index is 11.2. The van der Waals surface area contributed by atoms with Crippen LogP contribution in [0.4, 0.5) is 0 Å². The van der Waals surface area contributed by atoms with Crippen LogP contribution in [0.3, 0.4) is 0 Å². The normalized spacial score (nSPS) is 19.4. The van der Waals surface area contributed by atoms with Gasteiger partial charge in [0.25, 0.3) is 0 Å². The van der Waals surface area contributed by atoms with Crippen LogP contribution in [0.25, 0.3) is 0 Å². The summed E-state index contributed by atoms with van der Waals surface area (Å²) >= 11 is 0. The first kappa shape index (κ1) is 12.7. The molecule has 0 aromatic rings. The lowest BCUT2D eigenvalue weighted by Crippen LogP contribution is -2.15. The molecule has 0 radical (unpaired) electrons. The van der Waals surface area contributed by atoms with E-state index >= 15 is 0 Å². The molecule has 0 amide bonds. The molecule has 3 nitrogen and oxygen atoms in total. The first-order valence-corrected chi connectivity index (χ1v) is 7.58. The average molecular weight is 232 g/mol. The zero-order valence-corrected chi connectivity index (χ0v) is 10.2. The molecule has 0 saturated heterocycles. The zero-order chi connectivity index (χ0) is 11.3. The molecule has 1 fully saturated rings. The topological polar surface area (TPSA) is 51.2 Å². The van der Waals surface area contributed by atoms with Gasteiger partial charge in [-0.25, -0.2) is 8.42 Å². The van der Waals surface area contributed by atoms with Crippen molar-refractivity contribution in [2.45, 2.75) is 45.4 Å². The first-order chi connectivity index (χ1) is 7.03. The molecule has 0 aromatic heterocycles. The van der Waals surface area contributed by atoms with Gasteiger partial charge in [0.2, 0.25) is 0 Å². The highest BCUT2D eigenvalue weighted by molar-refractivity contribution is 7.91. The number of hydrogen-bond acceptors (Lipinski definition) is 3. The quantitative estimate of drug-likeness (QED) is 0.728. The predicted octanol–water partition coefficient (Wildman–Crippen LogP) is 1.96. The standard InChI is InChI=1S/C11H20O3S/c1-2-15(13,14)9-3-4-10-5-7-11(12)8-6-10/h10H,2-9H2,1H3. The van der Waals surface area contributed by atoms with Crippen molar-refractivity contribution in [3.8, 4) is 0 Å². The van der Waals surface area contributed by atoms with E-state index in [9.17, 15) is 13.2 Å². The molecule has 88 valence electrons. The van der Waals surface area contributed by atoms with E-state index in [1.165, 1.54) is 0 Å². The Balaban J connectivity index is 2.18. The van der Waals surface area contributed by atoms with Crippen molar-refractivity contribution in [1.82, 2.24) is 0 Å². The monoisotopic (exact) mass is 232 g/mol. The lowest BCUT2D eigenvalue weighted by Gasteiger charge is -2.20. The zero-order valence-electron chi connectivity index (χ0n) is 9.37. The van der Waals surface area contributed by atoms with Crippen LogP contribution in [-0.4, -0.2) is 25.7 Å². The SMILES string of the molecule is CCS(=O)(=O)CCCC1CCC(=O)CC1. The summed E-state index contributed by atoms with van der Waals surface area (Å²) in [5, 5.41) is 0. The highest BCUT2D eigenvalue weighted by Gasteiger charge is 2.18. The minimum atomic E-state index is -2.80. The molecule has 4 heteroatoms. The van der Waals surface area contributed by atoms with Crippen molar-refractivity contribution in [1.29, 1.82) is 0 Å². The van der Waals surface area contributed by atoms with Gasteiger partial charge >= 0.3 is 0 Å². The summed E-state index contributed by atoms with van der Waals surface area (Å²) in [6, 6.07) is 0. The van der Waals surface area contributed by atoms with Gasteiger partial charge in [-0.15, -0.1) is 0 Å². The number of carbonyl (C=O) groups is 1. The van der Waals surface area contributed by atoms with E-state index in [1.807, 2.05) is 0 Å². The van der Waals surface area contributed by atoms with Gasteiger partial charge in [-0.05, 0) is 31.6 Å². The van der Waals surface area contributed by atoms with Gasteiger partial charge in [0.05, 0.1) is 5.75 Å². The maximum Gasteiger partial charge on any atom is 0.150 e. The van der Waals surface area contributed by atoms with E-state index in [1.54, 1.807) is 6.92 Å². The highest BCUT2D eigenvalue weighted by Crippen LogP contribution is 2.25. The summed E-state index contributed by atoms with van der Waals surface area (Å²) in [4.78, 5) is 11.0. The van der Waals surface area contributed by atoms with Gasteiger partial charge in [-0.2, -0.15) is 0 Å². The van der Waals surface area contributed by atoms with Crippen LogP contribution in [0.1, 0.15) is 45.4 Å². The Kier molecular flexibility index (Phi) is 4.77.